The average molecular weight is 356 g/mol. The first kappa shape index (κ1) is 15.8. The van der Waals surface area contributed by atoms with Crippen LogP contribution in [-0.2, 0) is 13.0 Å². The number of carbonyl (C=O) groups is 1. The van der Waals surface area contributed by atoms with Crippen molar-refractivity contribution in [2.75, 3.05) is 6.54 Å². The quantitative estimate of drug-likeness (QED) is 0.753. The van der Waals surface area contributed by atoms with Crippen molar-refractivity contribution in [3.05, 3.63) is 76.2 Å². The highest BCUT2D eigenvalue weighted by Crippen LogP contribution is 2.29. The zero-order chi connectivity index (χ0) is 17.4. The summed E-state index contributed by atoms with van der Waals surface area (Å²) < 4.78 is 14.0. The average Bonchev–Trinajstić information content (AvgIpc) is 3.05. The van der Waals surface area contributed by atoms with Crippen LogP contribution in [0.3, 0.4) is 0 Å². The predicted molar refractivity (Wildman–Crippen MR) is 93.9 cm³/mol. The molecule has 25 heavy (non-hydrogen) atoms. The van der Waals surface area contributed by atoms with Gasteiger partial charge in [-0.25, -0.2) is 4.39 Å². The van der Waals surface area contributed by atoms with Gasteiger partial charge in [0.25, 0.3) is 5.91 Å². The Balaban J connectivity index is 1.62. The fourth-order valence-electron chi connectivity index (χ4n) is 3.19. The van der Waals surface area contributed by atoms with Crippen molar-refractivity contribution < 1.29 is 9.18 Å². The maximum Gasteiger partial charge on any atom is 0.258 e. The van der Waals surface area contributed by atoms with E-state index in [4.69, 9.17) is 11.6 Å². The van der Waals surface area contributed by atoms with Crippen LogP contribution in [0.4, 0.5) is 4.39 Å². The zero-order valence-electron chi connectivity index (χ0n) is 13.3. The molecule has 1 aromatic heterocycles. The summed E-state index contributed by atoms with van der Waals surface area (Å²) in [5.74, 6) is -0.998. The number of rotatable bonds is 2. The number of aromatic amines is 1. The fraction of sp³-hybridized carbons (Fsp3) is 0.158. The maximum absolute atomic E-state index is 14.0. The van der Waals surface area contributed by atoms with Crippen LogP contribution in [-0.4, -0.2) is 27.5 Å². The summed E-state index contributed by atoms with van der Waals surface area (Å²) in [7, 11) is 0. The molecular weight excluding hydrogens is 341 g/mol. The second-order valence-corrected chi connectivity index (χ2v) is 6.38. The molecule has 4 rings (SSSR count). The lowest BCUT2D eigenvalue weighted by Gasteiger charge is -2.27. The molecule has 1 amide bonds. The fourth-order valence-corrected chi connectivity index (χ4v) is 3.43. The number of nitrogens with zero attached hydrogens (tertiary/aromatic N) is 2. The Kier molecular flexibility index (Phi) is 4.01. The van der Waals surface area contributed by atoms with Crippen LogP contribution in [0.15, 0.2) is 48.5 Å². The predicted octanol–water partition coefficient (Wildman–Crippen LogP) is 4.07. The molecule has 0 spiro atoms. The molecule has 0 radical (unpaired) electrons. The summed E-state index contributed by atoms with van der Waals surface area (Å²) in [5, 5.41) is 7.56. The number of amides is 1. The SMILES string of the molecule is O=C(c1c(F)cccc1Cl)N1CCc2c(-c3ccccc3)n[nH]c2C1. The van der Waals surface area contributed by atoms with E-state index in [9.17, 15) is 9.18 Å². The minimum absolute atomic E-state index is 0.0737. The van der Waals surface area contributed by atoms with Crippen LogP contribution < -0.4 is 0 Å². The number of nitrogens with one attached hydrogen (secondary N) is 1. The van der Waals surface area contributed by atoms with Gasteiger partial charge in [0.2, 0.25) is 0 Å². The number of aromatic nitrogens is 2. The molecule has 1 aliphatic heterocycles. The van der Waals surface area contributed by atoms with E-state index in [1.807, 2.05) is 30.3 Å². The second-order valence-electron chi connectivity index (χ2n) is 5.97. The first-order valence-electron chi connectivity index (χ1n) is 8.00. The van der Waals surface area contributed by atoms with E-state index in [1.165, 1.54) is 18.2 Å². The van der Waals surface area contributed by atoms with E-state index in [0.717, 1.165) is 22.5 Å². The molecule has 0 bridgehead atoms. The number of halogens is 2. The first-order chi connectivity index (χ1) is 12.1. The zero-order valence-corrected chi connectivity index (χ0v) is 14.1. The number of hydrogen-bond donors (Lipinski definition) is 1. The van der Waals surface area contributed by atoms with Gasteiger partial charge in [-0.1, -0.05) is 48.0 Å². The number of carbonyl (C=O) groups excluding carboxylic acids is 1. The van der Waals surface area contributed by atoms with Crippen LogP contribution in [0.25, 0.3) is 11.3 Å². The number of H-pyrrole nitrogens is 1. The largest absolute Gasteiger partial charge is 0.332 e. The molecule has 126 valence electrons. The molecule has 1 N–H and O–H groups in total. The van der Waals surface area contributed by atoms with Gasteiger partial charge in [-0.05, 0) is 18.6 Å². The highest BCUT2D eigenvalue weighted by molar-refractivity contribution is 6.33. The number of fused-ring (bicyclic) bond motifs is 1. The Morgan fingerprint density at radius 2 is 1.96 bits per heavy atom. The third kappa shape index (κ3) is 2.81. The summed E-state index contributed by atoms with van der Waals surface area (Å²) >= 11 is 6.02. The van der Waals surface area contributed by atoms with E-state index in [1.54, 1.807) is 4.90 Å². The lowest BCUT2D eigenvalue weighted by Crippen LogP contribution is -2.36. The van der Waals surface area contributed by atoms with Crippen LogP contribution >= 0.6 is 11.6 Å². The van der Waals surface area contributed by atoms with Crippen LogP contribution in [0.2, 0.25) is 5.02 Å². The first-order valence-corrected chi connectivity index (χ1v) is 8.38. The van der Waals surface area contributed by atoms with Gasteiger partial charge in [0.05, 0.1) is 28.5 Å². The second kappa shape index (κ2) is 6.33. The monoisotopic (exact) mass is 355 g/mol. The number of hydrogen-bond acceptors (Lipinski definition) is 2. The van der Waals surface area contributed by atoms with Gasteiger partial charge in [-0.15, -0.1) is 0 Å². The molecule has 2 aromatic carbocycles. The minimum Gasteiger partial charge on any atom is -0.332 e. The Morgan fingerprint density at radius 3 is 2.72 bits per heavy atom. The molecular formula is C19H15ClFN3O. The molecule has 0 saturated carbocycles. The summed E-state index contributed by atoms with van der Waals surface area (Å²) in [6.45, 7) is 0.856. The summed E-state index contributed by atoms with van der Waals surface area (Å²) in [4.78, 5) is 14.3. The van der Waals surface area contributed by atoms with Gasteiger partial charge >= 0.3 is 0 Å². The van der Waals surface area contributed by atoms with Crippen molar-refractivity contribution in [3.8, 4) is 11.3 Å². The van der Waals surface area contributed by atoms with E-state index in [0.29, 0.717) is 19.5 Å². The van der Waals surface area contributed by atoms with Crippen molar-refractivity contribution in [2.24, 2.45) is 0 Å². The van der Waals surface area contributed by atoms with Gasteiger partial charge in [0.1, 0.15) is 5.82 Å². The van der Waals surface area contributed by atoms with Gasteiger partial charge in [0, 0.05) is 17.7 Å². The van der Waals surface area contributed by atoms with E-state index in [-0.39, 0.29) is 10.6 Å². The summed E-state index contributed by atoms with van der Waals surface area (Å²) in [6.07, 6.45) is 0.661. The highest BCUT2D eigenvalue weighted by Gasteiger charge is 2.28. The Morgan fingerprint density at radius 1 is 1.16 bits per heavy atom. The molecule has 0 saturated heterocycles. The Labute approximate surface area is 149 Å². The topological polar surface area (TPSA) is 49.0 Å². The normalized spacial score (nSPS) is 13.6. The van der Waals surface area contributed by atoms with E-state index >= 15 is 0 Å². The maximum atomic E-state index is 14.0. The lowest BCUT2D eigenvalue weighted by atomic mass is 9.99. The summed E-state index contributed by atoms with van der Waals surface area (Å²) in [6, 6.07) is 14.2. The third-order valence-corrected chi connectivity index (χ3v) is 4.76. The van der Waals surface area contributed by atoms with Gasteiger partial charge < -0.3 is 4.90 Å². The lowest BCUT2D eigenvalue weighted by molar-refractivity contribution is 0.0728. The van der Waals surface area contributed by atoms with Crippen molar-refractivity contribution in [3.63, 3.8) is 0 Å². The Hall–Kier alpha value is -2.66. The van der Waals surface area contributed by atoms with Crippen molar-refractivity contribution >= 4 is 17.5 Å². The van der Waals surface area contributed by atoms with Crippen LogP contribution in [0.5, 0.6) is 0 Å². The van der Waals surface area contributed by atoms with E-state index in [2.05, 4.69) is 10.2 Å². The molecule has 0 atom stereocenters. The molecule has 2 heterocycles. The molecule has 3 aromatic rings. The molecule has 4 nitrogen and oxygen atoms in total. The standard InChI is InChI=1S/C19H15ClFN3O/c20-14-7-4-8-15(21)17(14)19(25)24-10-9-13-16(11-24)22-23-18(13)12-5-2-1-3-6-12/h1-8H,9-11H2,(H,22,23). The Bertz CT molecular complexity index is 919. The molecule has 6 heteroatoms. The smallest absolute Gasteiger partial charge is 0.258 e. The van der Waals surface area contributed by atoms with Crippen molar-refractivity contribution in [1.29, 1.82) is 0 Å². The third-order valence-electron chi connectivity index (χ3n) is 4.44. The molecule has 0 aliphatic carbocycles. The van der Waals surface area contributed by atoms with Gasteiger partial charge in [0.15, 0.2) is 0 Å². The van der Waals surface area contributed by atoms with Crippen LogP contribution in [0.1, 0.15) is 21.6 Å². The van der Waals surface area contributed by atoms with Crippen molar-refractivity contribution in [1.82, 2.24) is 15.1 Å². The molecule has 0 unspecified atom stereocenters. The van der Waals surface area contributed by atoms with E-state index < -0.39 is 11.7 Å². The van der Waals surface area contributed by atoms with Crippen molar-refractivity contribution in [2.45, 2.75) is 13.0 Å². The van der Waals surface area contributed by atoms with Gasteiger partial charge in [-0.3, -0.25) is 9.89 Å². The van der Waals surface area contributed by atoms with Crippen LogP contribution in [0, 0.1) is 5.82 Å². The molecule has 0 fully saturated rings. The minimum atomic E-state index is -0.599. The van der Waals surface area contributed by atoms with Gasteiger partial charge in [-0.2, -0.15) is 5.10 Å². The number of benzene rings is 2. The highest BCUT2D eigenvalue weighted by atomic mass is 35.5. The molecule has 1 aliphatic rings. The summed E-state index contributed by atoms with van der Waals surface area (Å²) in [5.41, 5.74) is 3.86.